The average Bonchev–Trinajstić information content (AvgIpc) is 2.13. The van der Waals surface area contributed by atoms with Crippen LogP contribution in [-0.2, 0) is 5.54 Å². The van der Waals surface area contributed by atoms with E-state index in [0.717, 1.165) is 24.3 Å². The Bertz CT molecular complexity index is 336. The van der Waals surface area contributed by atoms with E-state index >= 15 is 0 Å². The molecular formula is C13H18FN. The minimum atomic E-state index is -0.206. The van der Waals surface area contributed by atoms with Gasteiger partial charge in [-0.05, 0) is 42.4 Å². The summed E-state index contributed by atoms with van der Waals surface area (Å²) in [6, 6.07) is 6.61. The number of halogens is 1. The highest BCUT2D eigenvalue weighted by Crippen LogP contribution is 2.46. The topological polar surface area (TPSA) is 26.0 Å². The molecule has 0 bridgehead atoms. The van der Waals surface area contributed by atoms with Crippen LogP contribution in [0.25, 0.3) is 0 Å². The zero-order valence-corrected chi connectivity index (χ0v) is 9.33. The lowest BCUT2D eigenvalue weighted by molar-refractivity contribution is 0.105. The maximum Gasteiger partial charge on any atom is 0.123 e. The lowest BCUT2D eigenvalue weighted by atomic mass is 9.62. The molecule has 0 amide bonds. The normalized spacial score (nSPS) is 30.3. The Morgan fingerprint density at radius 2 is 1.80 bits per heavy atom. The van der Waals surface area contributed by atoms with Gasteiger partial charge in [-0.15, -0.1) is 0 Å². The molecule has 0 radical (unpaired) electrons. The zero-order valence-electron chi connectivity index (χ0n) is 9.33. The van der Waals surface area contributed by atoms with Crippen molar-refractivity contribution in [3.05, 3.63) is 35.6 Å². The lowest BCUT2D eigenvalue weighted by Crippen LogP contribution is -2.50. The van der Waals surface area contributed by atoms with Gasteiger partial charge in [0.15, 0.2) is 0 Å². The van der Waals surface area contributed by atoms with Crippen molar-refractivity contribution < 1.29 is 4.39 Å². The first-order valence-electron chi connectivity index (χ1n) is 5.56. The largest absolute Gasteiger partial charge is 0.321 e. The Morgan fingerprint density at radius 1 is 1.27 bits per heavy atom. The van der Waals surface area contributed by atoms with Gasteiger partial charge in [0.1, 0.15) is 5.82 Å². The van der Waals surface area contributed by atoms with Gasteiger partial charge in [0.2, 0.25) is 0 Å². The first-order chi connectivity index (χ1) is 7.01. The Morgan fingerprint density at radius 3 is 2.27 bits per heavy atom. The number of rotatable bonds is 2. The van der Waals surface area contributed by atoms with E-state index in [0.29, 0.717) is 5.92 Å². The first kappa shape index (κ1) is 10.6. The summed E-state index contributed by atoms with van der Waals surface area (Å²) in [5.41, 5.74) is 7.14. The van der Waals surface area contributed by atoms with Gasteiger partial charge in [-0.1, -0.05) is 26.0 Å². The van der Waals surface area contributed by atoms with E-state index in [4.69, 9.17) is 5.73 Å². The summed E-state index contributed by atoms with van der Waals surface area (Å²) in [4.78, 5) is 0. The summed E-state index contributed by atoms with van der Waals surface area (Å²) in [6.45, 7) is 4.46. The van der Waals surface area contributed by atoms with Gasteiger partial charge in [-0.2, -0.15) is 0 Å². The molecule has 2 N–H and O–H groups in total. The molecule has 2 heteroatoms. The van der Waals surface area contributed by atoms with Crippen molar-refractivity contribution in [2.75, 3.05) is 0 Å². The Kier molecular flexibility index (Phi) is 2.55. The molecule has 0 atom stereocenters. The maximum absolute atomic E-state index is 12.8. The molecular weight excluding hydrogens is 189 g/mol. The molecule has 1 nitrogen and oxygen atoms in total. The molecule has 82 valence electrons. The molecule has 1 aromatic rings. The third-order valence-corrected chi connectivity index (χ3v) is 3.61. The summed E-state index contributed by atoms with van der Waals surface area (Å²) >= 11 is 0. The number of hydrogen-bond donors (Lipinski definition) is 1. The van der Waals surface area contributed by atoms with E-state index in [1.165, 1.54) is 12.1 Å². The van der Waals surface area contributed by atoms with Gasteiger partial charge >= 0.3 is 0 Å². The summed E-state index contributed by atoms with van der Waals surface area (Å²) in [6.07, 6.45) is 2.05. The summed E-state index contributed by atoms with van der Waals surface area (Å²) in [7, 11) is 0. The number of hydrogen-bond acceptors (Lipinski definition) is 1. The quantitative estimate of drug-likeness (QED) is 0.792. The van der Waals surface area contributed by atoms with Crippen molar-refractivity contribution >= 4 is 0 Å². The van der Waals surface area contributed by atoms with Gasteiger partial charge in [0.25, 0.3) is 0 Å². The van der Waals surface area contributed by atoms with Crippen LogP contribution in [0.2, 0.25) is 0 Å². The zero-order chi connectivity index (χ0) is 11.1. The molecule has 1 aromatic carbocycles. The van der Waals surface area contributed by atoms with Gasteiger partial charge in [-0.25, -0.2) is 4.39 Å². The van der Waals surface area contributed by atoms with Crippen LogP contribution in [0.4, 0.5) is 4.39 Å². The van der Waals surface area contributed by atoms with Gasteiger partial charge in [-0.3, -0.25) is 0 Å². The van der Waals surface area contributed by atoms with Crippen molar-refractivity contribution in [1.29, 1.82) is 0 Å². The molecule has 1 aliphatic carbocycles. The minimum absolute atomic E-state index is 0.193. The molecule has 0 aliphatic heterocycles. The van der Waals surface area contributed by atoms with Crippen LogP contribution in [-0.4, -0.2) is 0 Å². The van der Waals surface area contributed by atoms with E-state index in [9.17, 15) is 4.39 Å². The fraction of sp³-hybridized carbons (Fsp3) is 0.538. The van der Waals surface area contributed by atoms with Gasteiger partial charge in [0, 0.05) is 5.54 Å². The van der Waals surface area contributed by atoms with Crippen molar-refractivity contribution in [3.8, 4) is 0 Å². The van der Waals surface area contributed by atoms with E-state index in [1.54, 1.807) is 0 Å². The van der Waals surface area contributed by atoms with E-state index in [1.807, 2.05) is 12.1 Å². The molecule has 15 heavy (non-hydrogen) atoms. The lowest BCUT2D eigenvalue weighted by Gasteiger charge is -2.47. The predicted molar refractivity (Wildman–Crippen MR) is 59.8 cm³/mol. The molecule has 0 saturated heterocycles. The number of benzene rings is 1. The standard InChI is InChI=1S/C13H18FN/c1-9(2)10-7-13(15,8-10)11-3-5-12(14)6-4-11/h3-6,9-10H,7-8,15H2,1-2H3. The Labute approximate surface area is 90.5 Å². The highest BCUT2D eigenvalue weighted by molar-refractivity contribution is 5.27. The summed E-state index contributed by atoms with van der Waals surface area (Å²) in [5.74, 6) is 1.23. The third kappa shape index (κ3) is 1.91. The highest BCUT2D eigenvalue weighted by Gasteiger charge is 2.43. The molecule has 1 aliphatic rings. The number of nitrogens with two attached hydrogens (primary N) is 1. The van der Waals surface area contributed by atoms with E-state index in [-0.39, 0.29) is 11.4 Å². The Hall–Kier alpha value is -0.890. The van der Waals surface area contributed by atoms with Crippen molar-refractivity contribution in [2.45, 2.75) is 32.2 Å². The molecule has 1 fully saturated rings. The molecule has 0 unspecified atom stereocenters. The van der Waals surface area contributed by atoms with Gasteiger partial charge in [0.05, 0.1) is 0 Å². The van der Waals surface area contributed by atoms with Crippen molar-refractivity contribution in [3.63, 3.8) is 0 Å². The van der Waals surface area contributed by atoms with Crippen LogP contribution in [0.1, 0.15) is 32.3 Å². The highest BCUT2D eigenvalue weighted by atomic mass is 19.1. The molecule has 0 spiro atoms. The van der Waals surface area contributed by atoms with Crippen LogP contribution in [0, 0.1) is 17.7 Å². The van der Waals surface area contributed by atoms with E-state index < -0.39 is 0 Å². The first-order valence-corrected chi connectivity index (χ1v) is 5.56. The fourth-order valence-corrected chi connectivity index (χ4v) is 2.36. The van der Waals surface area contributed by atoms with Crippen LogP contribution in [0.3, 0.4) is 0 Å². The van der Waals surface area contributed by atoms with Gasteiger partial charge < -0.3 is 5.73 Å². The summed E-state index contributed by atoms with van der Waals surface area (Å²) < 4.78 is 12.8. The van der Waals surface area contributed by atoms with Crippen LogP contribution in [0.15, 0.2) is 24.3 Å². The molecule has 2 rings (SSSR count). The maximum atomic E-state index is 12.8. The fourth-order valence-electron chi connectivity index (χ4n) is 2.36. The van der Waals surface area contributed by atoms with Crippen LogP contribution in [0.5, 0.6) is 0 Å². The van der Waals surface area contributed by atoms with Crippen LogP contribution >= 0.6 is 0 Å². The van der Waals surface area contributed by atoms with Crippen molar-refractivity contribution in [1.82, 2.24) is 0 Å². The predicted octanol–water partition coefficient (Wildman–Crippen LogP) is 3.05. The average molecular weight is 207 g/mol. The molecule has 1 saturated carbocycles. The second-order valence-corrected chi connectivity index (χ2v) is 5.08. The third-order valence-electron chi connectivity index (χ3n) is 3.61. The second kappa shape index (κ2) is 3.60. The van der Waals surface area contributed by atoms with Crippen LogP contribution < -0.4 is 5.73 Å². The summed E-state index contributed by atoms with van der Waals surface area (Å²) in [5, 5.41) is 0. The molecule has 0 aromatic heterocycles. The second-order valence-electron chi connectivity index (χ2n) is 5.08. The minimum Gasteiger partial charge on any atom is -0.321 e. The van der Waals surface area contributed by atoms with Crippen molar-refractivity contribution in [2.24, 2.45) is 17.6 Å². The Balaban J connectivity index is 2.10. The van der Waals surface area contributed by atoms with E-state index in [2.05, 4.69) is 13.8 Å². The smallest absolute Gasteiger partial charge is 0.123 e. The SMILES string of the molecule is CC(C)C1CC(N)(c2ccc(F)cc2)C1. The molecule has 0 heterocycles. The monoisotopic (exact) mass is 207 g/mol.